The van der Waals surface area contributed by atoms with E-state index in [2.05, 4.69) is 166 Å². The topological polar surface area (TPSA) is 3.24 Å². The Morgan fingerprint density at radius 2 is 1.13 bits per heavy atom. The predicted molar refractivity (Wildman–Crippen MR) is 219 cm³/mol. The maximum atomic E-state index is 7.86. The lowest BCUT2D eigenvalue weighted by Gasteiger charge is -2.54. The molecule has 0 radical (unpaired) electrons. The first-order valence-electron chi connectivity index (χ1n) is 19.4. The van der Waals surface area contributed by atoms with E-state index in [1.165, 1.54) is 87.0 Å². The molecule has 6 aromatic carbocycles. The van der Waals surface area contributed by atoms with Gasteiger partial charge in [-0.25, -0.2) is 0 Å². The number of hydrogen-bond acceptors (Lipinski definition) is 1. The summed E-state index contributed by atoms with van der Waals surface area (Å²) in [6.07, 6.45) is 5.27. The van der Waals surface area contributed by atoms with Crippen molar-refractivity contribution in [2.45, 2.75) is 64.2 Å². The summed E-state index contributed by atoms with van der Waals surface area (Å²) in [5, 5.41) is 0.967. The van der Waals surface area contributed by atoms with Crippen LogP contribution in [0.2, 0.25) is 5.02 Å². The Morgan fingerprint density at radius 3 is 1.87 bits per heavy atom. The zero-order valence-electron chi connectivity index (χ0n) is 30.7. The van der Waals surface area contributed by atoms with Crippen molar-refractivity contribution in [3.05, 3.63) is 161 Å². The average molecular weight is 696 g/mol. The SMILES string of the molecule is CC1CC2CC(C)C3(c4ccccc4-c4ccc(-c5ccc6c(c5)C(C)(C)c5cc(N(c7ccccc7)c7ccccc7)ccc5-6)c(Cl)c43)C(C1)C2. The van der Waals surface area contributed by atoms with Crippen LogP contribution in [0.3, 0.4) is 0 Å². The Balaban J connectivity index is 1.09. The molecule has 5 unspecified atom stereocenters. The highest BCUT2D eigenvalue weighted by molar-refractivity contribution is 6.35. The molecule has 0 amide bonds. The number of benzene rings is 6. The smallest absolute Gasteiger partial charge is 0.0531 e. The quantitative estimate of drug-likeness (QED) is 0.177. The number of rotatable bonds is 4. The van der Waals surface area contributed by atoms with Crippen LogP contribution in [0.15, 0.2) is 133 Å². The second kappa shape index (κ2) is 11.7. The first-order valence-corrected chi connectivity index (χ1v) is 19.8. The maximum absolute atomic E-state index is 7.86. The van der Waals surface area contributed by atoms with Gasteiger partial charge < -0.3 is 4.90 Å². The molecule has 4 aliphatic rings. The van der Waals surface area contributed by atoms with Crippen LogP contribution in [0.1, 0.15) is 75.6 Å². The van der Waals surface area contributed by atoms with Crippen LogP contribution < -0.4 is 4.90 Å². The van der Waals surface area contributed by atoms with Crippen LogP contribution in [-0.2, 0) is 10.8 Å². The van der Waals surface area contributed by atoms with Gasteiger partial charge in [0.15, 0.2) is 0 Å². The molecule has 0 saturated heterocycles. The van der Waals surface area contributed by atoms with E-state index in [1.54, 1.807) is 0 Å². The number of halogens is 1. The third kappa shape index (κ3) is 4.48. The highest BCUT2D eigenvalue weighted by Crippen LogP contribution is 2.66. The molecule has 2 fully saturated rings. The van der Waals surface area contributed by atoms with E-state index >= 15 is 0 Å². The Hall–Kier alpha value is -4.59. The van der Waals surface area contributed by atoms with Crippen LogP contribution >= 0.6 is 11.6 Å². The zero-order valence-corrected chi connectivity index (χ0v) is 31.4. The molecule has 1 spiro atoms. The van der Waals surface area contributed by atoms with Gasteiger partial charge in [-0.05, 0) is 142 Å². The summed E-state index contributed by atoms with van der Waals surface area (Å²) in [6, 6.07) is 49.5. The summed E-state index contributed by atoms with van der Waals surface area (Å²) in [5.41, 5.74) is 16.7. The van der Waals surface area contributed by atoms with Gasteiger partial charge in [-0.1, -0.05) is 130 Å². The normalized spacial score (nSPS) is 24.6. The van der Waals surface area contributed by atoms with E-state index in [-0.39, 0.29) is 10.8 Å². The lowest BCUT2D eigenvalue weighted by Crippen LogP contribution is -2.49. The molecule has 2 saturated carbocycles. The minimum atomic E-state index is -0.179. The highest BCUT2D eigenvalue weighted by Gasteiger charge is 2.57. The van der Waals surface area contributed by atoms with Gasteiger partial charge in [0.1, 0.15) is 0 Å². The molecule has 258 valence electrons. The van der Waals surface area contributed by atoms with Crippen LogP contribution in [0, 0.1) is 23.7 Å². The van der Waals surface area contributed by atoms with Crippen molar-refractivity contribution in [1.29, 1.82) is 0 Å². The van der Waals surface area contributed by atoms with E-state index in [0.29, 0.717) is 11.8 Å². The summed E-state index contributed by atoms with van der Waals surface area (Å²) in [5.74, 6) is 2.77. The second-order valence-corrected chi connectivity index (χ2v) is 17.3. The zero-order chi connectivity index (χ0) is 35.4. The number of hydrogen-bond donors (Lipinski definition) is 0. The molecule has 1 nitrogen and oxygen atoms in total. The van der Waals surface area contributed by atoms with E-state index in [1.807, 2.05) is 0 Å². The van der Waals surface area contributed by atoms with Crippen LogP contribution in [0.25, 0.3) is 33.4 Å². The summed E-state index contributed by atoms with van der Waals surface area (Å²) in [4.78, 5) is 2.37. The van der Waals surface area contributed by atoms with E-state index in [0.717, 1.165) is 28.2 Å². The summed E-state index contributed by atoms with van der Waals surface area (Å²) >= 11 is 7.86. The molecule has 2 heteroatoms. The summed E-state index contributed by atoms with van der Waals surface area (Å²) in [7, 11) is 0. The third-order valence-electron chi connectivity index (χ3n) is 13.6. The molecule has 4 aliphatic carbocycles. The fourth-order valence-electron chi connectivity index (χ4n) is 11.6. The van der Waals surface area contributed by atoms with Gasteiger partial charge in [0, 0.05) is 33.5 Å². The molecule has 52 heavy (non-hydrogen) atoms. The van der Waals surface area contributed by atoms with Gasteiger partial charge in [0.25, 0.3) is 0 Å². The Morgan fingerprint density at radius 1 is 0.538 bits per heavy atom. The monoisotopic (exact) mass is 695 g/mol. The Bertz CT molecular complexity index is 2310. The van der Waals surface area contributed by atoms with Gasteiger partial charge in [-0.15, -0.1) is 0 Å². The lowest BCUT2D eigenvalue weighted by molar-refractivity contribution is 0.0427. The van der Waals surface area contributed by atoms with E-state index < -0.39 is 0 Å². The first-order chi connectivity index (χ1) is 25.3. The minimum absolute atomic E-state index is 0.0315. The van der Waals surface area contributed by atoms with Gasteiger partial charge >= 0.3 is 0 Å². The van der Waals surface area contributed by atoms with Crippen molar-refractivity contribution in [2.24, 2.45) is 23.7 Å². The first kappa shape index (κ1) is 32.1. The lowest BCUT2D eigenvalue weighted by atomic mass is 9.49. The predicted octanol–water partition coefficient (Wildman–Crippen LogP) is 14.1. The summed E-state index contributed by atoms with van der Waals surface area (Å²) < 4.78 is 0. The molecule has 0 aromatic heterocycles. The van der Waals surface area contributed by atoms with Crippen LogP contribution in [0.4, 0.5) is 17.1 Å². The number of anilines is 3. The van der Waals surface area contributed by atoms with Crippen molar-refractivity contribution in [1.82, 2.24) is 0 Å². The van der Waals surface area contributed by atoms with E-state index in [9.17, 15) is 0 Å². The third-order valence-corrected chi connectivity index (χ3v) is 14.0. The molecule has 0 aliphatic heterocycles. The summed E-state index contributed by atoms with van der Waals surface area (Å²) in [6.45, 7) is 9.79. The highest BCUT2D eigenvalue weighted by atomic mass is 35.5. The van der Waals surface area contributed by atoms with E-state index in [4.69, 9.17) is 11.6 Å². The molecular weight excluding hydrogens is 650 g/mol. The second-order valence-electron chi connectivity index (χ2n) is 16.9. The average Bonchev–Trinajstić information content (AvgIpc) is 3.58. The largest absolute Gasteiger partial charge is 0.310 e. The van der Waals surface area contributed by atoms with Crippen molar-refractivity contribution in [2.75, 3.05) is 4.90 Å². The van der Waals surface area contributed by atoms with Crippen LogP contribution in [0.5, 0.6) is 0 Å². The van der Waals surface area contributed by atoms with Crippen molar-refractivity contribution in [3.8, 4) is 33.4 Å². The molecule has 2 bridgehead atoms. The molecule has 5 atom stereocenters. The maximum Gasteiger partial charge on any atom is 0.0531 e. The van der Waals surface area contributed by atoms with Crippen LogP contribution in [-0.4, -0.2) is 0 Å². The number of fused-ring (bicyclic) bond motifs is 11. The Labute approximate surface area is 314 Å². The molecule has 0 N–H and O–H groups in total. The molecule has 10 rings (SSSR count). The molecule has 0 heterocycles. The van der Waals surface area contributed by atoms with Crippen molar-refractivity contribution >= 4 is 28.7 Å². The van der Waals surface area contributed by atoms with Gasteiger partial charge in [-0.3, -0.25) is 0 Å². The molecular formula is C50H46ClN. The van der Waals surface area contributed by atoms with Gasteiger partial charge in [0.05, 0.1) is 5.02 Å². The van der Waals surface area contributed by atoms with Gasteiger partial charge in [0.2, 0.25) is 0 Å². The number of nitrogens with zero attached hydrogens (tertiary/aromatic N) is 1. The molecule has 6 aromatic rings. The minimum Gasteiger partial charge on any atom is -0.310 e. The van der Waals surface area contributed by atoms with Gasteiger partial charge in [-0.2, -0.15) is 0 Å². The fraction of sp³-hybridized carbons (Fsp3) is 0.280. The van der Waals surface area contributed by atoms with Crippen molar-refractivity contribution < 1.29 is 0 Å². The standard InChI is InChI=1S/C50H46ClN/c1-31-25-33-27-32(2)50(35(26-31)28-33)44-18-12-11-17-40(44)43-24-23-39(48(51)47(43)50)34-19-21-41-42-22-20-38(30-46(42)49(3,4)45(41)29-34)52(36-13-7-5-8-14-36)37-15-9-6-10-16-37/h5-24,29-33,35H,25-28H2,1-4H3. The fourth-order valence-corrected chi connectivity index (χ4v) is 12.0. The number of para-hydroxylation sites is 2. The Kier molecular flexibility index (Phi) is 7.23. The van der Waals surface area contributed by atoms with Crippen molar-refractivity contribution in [3.63, 3.8) is 0 Å².